The van der Waals surface area contributed by atoms with Crippen molar-refractivity contribution in [2.24, 2.45) is 5.73 Å². The van der Waals surface area contributed by atoms with Crippen LogP contribution >= 0.6 is 0 Å². The van der Waals surface area contributed by atoms with Gasteiger partial charge in [-0.1, -0.05) is 17.9 Å². The summed E-state index contributed by atoms with van der Waals surface area (Å²) in [7, 11) is 4.12. The lowest BCUT2D eigenvalue weighted by molar-refractivity contribution is 0.281. The molecule has 0 aliphatic heterocycles. The number of nitrogens with two attached hydrogens (primary N) is 1. The molecular formula is C14H20N2O. The molecule has 0 saturated heterocycles. The summed E-state index contributed by atoms with van der Waals surface area (Å²) in [6, 6.07) is 7.79. The van der Waals surface area contributed by atoms with E-state index in [-0.39, 0.29) is 0 Å². The minimum atomic E-state index is 0.383. The molecule has 0 aliphatic carbocycles. The minimum Gasteiger partial charge on any atom is -0.494 e. The standard InChI is InChI=1S/C14H20N2O/c1-16(2)10-5-11-17-14-8-3-6-13(12-14)7-4-9-15/h3,6,8,12H,5,9-11,15H2,1-2H3. The predicted molar refractivity (Wildman–Crippen MR) is 71.0 cm³/mol. The van der Waals surface area contributed by atoms with Crippen LogP contribution in [0.2, 0.25) is 0 Å². The van der Waals surface area contributed by atoms with Crippen molar-refractivity contribution in [1.29, 1.82) is 0 Å². The topological polar surface area (TPSA) is 38.5 Å². The SMILES string of the molecule is CN(C)CCCOc1cccc(C#CCN)c1. The van der Waals surface area contributed by atoms with Crippen LogP contribution < -0.4 is 10.5 Å². The third-order valence-electron chi connectivity index (χ3n) is 2.19. The van der Waals surface area contributed by atoms with Crippen LogP contribution in [0.4, 0.5) is 0 Å². The fraction of sp³-hybridized carbons (Fsp3) is 0.429. The molecule has 1 aromatic rings. The van der Waals surface area contributed by atoms with Gasteiger partial charge in [0.2, 0.25) is 0 Å². The third kappa shape index (κ3) is 5.96. The molecule has 0 heterocycles. The van der Waals surface area contributed by atoms with Gasteiger partial charge < -0.3 is 15.4 Å². The van der Waals surface area contributed by atoms with Gasteiger partial charge in [-0.3, -0.25) is 0 Å². The second-order valence-corrected chi connectivity index (χ2v) is 4.04. The van der Waals surface area contributed by atoms with Gasteiger partial charge in [-0.05, 0) is 38.7 Å². The van der Waals surface area contributed by atoms with Crippen molar-refractivity contribution in [2.75, 3.05) is 33.8 Å². The van der Waals surface area contributed by atoms with E-state index in [4.69, 9.17) is 10.5 Å². The molecule has 0 saturated carbocycles. The summed E-state index contributed by atoms with van der Waals surface area (Å²) in [6.45, 7) is 2.15. The van der Waals surface area contributed by atoms with Gasteiger partial charge in [0.1, 0.15) is 5.75 Å². The molecule has 0 aliphatic rings. The highest BCUT2D eigenvalue weighted by Gasteiger charge is 1.95. The molecule has 0 atom stereocenters. The van der Waals surface area contributed by atoms with E-state index >= 15 is 0 Å². The number of hydrogen-bond acceptors (Lipinski definition) is 3. The van der Waals surface area contributed by atoms with Gasteiger partial charge in [0, 0.05) is 12.1 Å². The van der Waals surface area contributed by atoms with Crippen LogP contribution in [0.3, 0.4) is 0 Å². The van der Waals surface area contributed by atoms with Crippen LogP contribution in [0.1, 0.15) is 12.0 Å². The number of nitrogens with zero attached hydrogens (tertiary/aromatic N) is 1. The smallest absolute Gasteiger partial charge is 0.120 e. The van der Waals surface area contributed by atoms with Crippen molar-refractivity contribution in [2.45, 2.75) is 6.42 Å². The molecule has 0 aromatic heterocycles. The highest BCUT2D eigenvalue weighted by Crippen LogP contribution is 2.12. The lowest BCUT2D eigenvalue weighted by atomic mass is 10.2. The second kappa shape index (κ2) is 7.72. The maximum Gasteiger partial charge on any atom is 0.120 e. The van der Waals surface area contributed by atoms with Crippen LogP contribution in [0.15, 0.2) is 24.3 Å². The Balaban J connectivity index is 2.43. The van der Waals surface area contributed by atoms with Crippen LogP contribution in [0, 0.1) is 11.8 Å². The molecular weight excluding hydrogens is 212 g/mol. The van der Waals surface area contributed by atoms with Gasteiger partial charge in [0.05, 0.1) is 13.2 Å². The van der Waals surface area contributed by atoms with Crippen molar-refractivity contribution >= 4 is 0 Å². The summed E-state index contributed by atoms with van der Waals surface area (Å²) in [5, 5.41) is 0. The normalized spacial score (nSPS) is 9.88. The van der Waals surface area contributed by atoms with E-state index in [1.807, 2.05) is 24.3 Å². The van der Waals surface area contributed by atoms with Crippen molar-refractivity contribution in [3.63, 3.8) is 0 Å². The first-order chi connectivity index (χ1) is 8.22. The van der Waals surface area contributed by atoms with E-state index in [0.717, 1.165) is 30.9 Å². The van der Waals surface area contributed by atoms with Gasteiger partial charge in [-0.25, -0.2) is 0 Å². The Morgan fingerprint density at radius 3 is 2.88 bits per heavy atom. The van der Waals surface area contributed by atoms with Crippen molar-refractivity contribution in [3.8, 4) is 17.6 Å². The van der Waals surface area contributed by atoms with E-state index in [1.165, 1.54) is 0 Å². The number of benzene rings is 1. The van der Waals surface area contributed by atoms with E-state index in [0.29, 0.717) is 6.54 Å². The lowest BCUT2D eigenvalue weighted by Crippen LogP contribution is -2.15. The Kier molecular flexibility index (Phi) is 6.16. The average molecular weight is 232 g/mol. The average Bonchev–Trinajstić information content (AvgIpc) is 2.32. The number of ether oxygens (including phenoxy) is 1. The fourth-order valence-corrected chi connectivity index (χ4v) is 1.39. The largest absolute Gasteiger partial charge is 0.494 e. The monoisotopic (exact) mass is 232 g/mol. The second-order valence-electron chi connectivity index (χ2n) is 4.04. The Morgan fingerprint density at radius 2 is 2.18 bits per heavy atom. The molecule has 92 valence electrons. The van der Waals surface area contributed by atoms with Gasteiger partial charge in [-0.2, -0.15) is 0 Å². The fourth-order valence-electron chi connectivity index (χ4n) is 1.39. The zero-order chi connectivity index (χ0) is 12.5. The highest BCUT2D eigenvalue weighted by atomic mass is 16.5. The first-order valence-electron chi connectivity index (χ1n) is 5.79. The highest BCUT2D eigenvalue weighted by molar-refractivity contribution is 5.39. The Morgan fingerprint density at radius 1 is 1.35 bits per heavy atom. The Labute approximate surface area is 104 Å². The van der Waals surface area contributed by atoms with Crippen molar-refractivity contribution in [3.05, 3.63) is 29.8 Å². The van der Waals surface area contributed by atoms with Gasteiger partial charge in [0.25, 0.3) is 0 Å². The molecule has 0 radical (unpaired) electrons. The summed E-state index contributed by atoms with van der Waals surface area (Å²) >= 11 is 0. The summed E-state index contributed by atoms with van der Waals surface area (Å²) in [4.78, 5) is 2.15. The molecule has 0 fully saturated rings. The van der Waals surface area contributed by atoms with Gasteiger partial charge in [0.15, 0.2) is 0 Å². The van der Waals surface area contributed by atoms with E-state index < -0.39 is 0 Å². The van der Waals surface area contributed by atoms with E-state index in [1.54, 1.807) is 0 Å². The molecule has 0 bridgehead atoms. The summed E-state index contributed by atoms with van der Waals surface area (Å²) in [5.74, 6) is 6.69. The first-order valence-corrected chi connectivity index (χ1v) is 5.79. The molecule has 17 heavy (non-hydrogen) atoms. The zero-order valence-corrected chi connectivity index (χ0v) is 10.6. The maximum absolute atomic E-state index is 5.65. The Hall–Kier alpha value is -1.50. The van der Waals surface area contributed by atoms with Crippen LogP contribution in [0.25, 0.3) is 0 Å². The summed E-state index contributed by atoms with van der Waals surface area (Å²) < 4.78 is 5.65. The Bertz CT molecular complexity index is 391. The quantitative estimate of drug-likeness (QED) is 0.615. The van der Waals surface area contributed by atoms with E-state index in [2.05, 4.69) is 30.8 Å². The number of hydrogen-bond donors (Lipinski definition) is 1. The van der Waals surface area contributed by atoms with E-state index in [9.17, 15) is 0 Å². The minimum absolute atomic E-state index is 0.383. The van der Waals surface area contributed by atoms with Crippen molar-refractivity contribution in [1.82, 2.24) is 4.90 Å². The molecule has 2 N–H and O–H groups in total. The zero-order valence-electron chi connectivity index (χ0n) is 10.6. The van der Waals surface area contributed by atoms with Crippen LogP contribution in [0.5, 0.6) is 5.75 Å². The summed E-state index contributed by atoms with van der Waals surface area (Å²) in [6.07, 6.45) is 1.02. The van der Waals surface area contributed by atoms with Crippen LogP contribution in [-0.4, -0.2) is 38.7 Å². The lowest BCUT2D eigenvalue weighted by Gasteiger charge is -2.10. The van der Waals surface area contributed by atoms with Gasteiger partial charge in [-0.15, -0.1) is 0 Å². The molecule has 3 nitrogen and oxygen atoms in total. The molecule has 1 aromatic carbocycles. The van der Waals surface area contributed by atoms with Gasteiger partial charge >= 0.3 is 0 Å². The number of rotatable bonds is 5. The van der Waals surface area contributed by atoms with Crippen LogP contribution in [-0.2, 0) is 0 Å². The summed E-state index contributed by atoms with van der Waals surface area (Å²) in [5.41, 5.74) is 6.28. The molecule has 0 spiro atoms. The van der Waals surface area contributed by atoms with Crippen molar-refractivity contribution < 1.29 is 4.74 Å². The molecule has 3 heteroatoms. The maximum atomic E-state index is 5.65. The molecule has 0 unspecified atom stereocenters. The molecule has 1 rings (SSSR count). The third-order valence-corrected chi connectivity index (χ3v) is 2.19. The first kappa shape index (κ1) is 13.6. The molecule has 0 amide bonds. The predicted octanol–water partition coefficient (Wildman–Crippen LogP) is 1.33.